The first-order valence-corrected chi connectivity index (χ1v) is 18.8. The van der Waals surface area contributed by atoms with Crippen LogP contribution in [-0.4, -0.2) is 45.2 Å². The molecule has 0 saturated carbocycles. The van der Waals surface area contributed by atoms with Crippen LogP contribution in [0.25, 0.3) is 43.5 Å². The molecule has 0 amide bonds. The Kier molecular flexibility index (Phi) is 10.2. The van der Waals surface area contributed by atoms with Crippen LogP contribution in [0.5, 0.6) is 0 Å². The number of fused-ring (bicyclic) bond motifs is 6. The van der Waals surface area contributed by atoms with Gasteiger partial charge in [0.2, 0.25) is 0 Å². The summed E-state index contributed by atoms with van der Waals surface area (Å²) in [7, 11) is -3.72. The van der Waals surface area contributed by atoms with Gasteiger partial charge in [-0.25, -0.2) is 15.1 Å². The number of nitrogens with two attached hydrogens (primary N) is 3. The van der Waals surface area contributed by atoms with E-state index in [0.29, 0.717) is 67.3 Å². The van der Waals surface area contributed by atoms with Crippen molar-refractivity contribution in [3.8, 4) is 0 Å². The molecule has 1 aliphatic heterocycles. The highest BCUT2D eigenvalue weighted by Crippen LogP contribution is 2.30. The number of nitrogens with one attached hydrogen (secondary N) is 4. The molecule has 10 N–H and O–H groups in total. The van der Waals surface area contributed by atoms with E-state index in [4.69, 9.17) is 27.1 Å². The molecule has 0 aliphatic carbocycles. The number of rotatable bonds is 4. The number of anilines is 3. The van der Waals surface area contributed by atoms with Crippen LogP contribution in [0.4, 0.5) is 17.3 Å². The third-order valence-corrected chi connectivity index (χ3v) is 10.2. The van der Waals surface area contributed by atoms with Crippen molar-refractivity contribution in [3.05, 3.63) is 98.5 Å². The van der Waals surface area contributed by atoms with Crippen LogP contribution in [0.15, 0.2) is 84.2 Å². The van der Waals surface area contributed by atoms with Gasteiger partial charge in [0.05, 0.1) is 32.9 Å². The van der Waals surface area contributed by atoms with Crippen LogP contribution < -0.4 is 33.5 Å². The van der Waals surface area contributed by atoms with Gasteiger partial charge in [-0.05, 0) is 59.8 Å². The number of pyridine rings is 2. The van der Waals surface area contributed by atoms with Gasteiger partial charge < -0.3 is 32.0 Å². The average Bonchev–Trinajstić information content (AvgIpc) is 3.51. The number of H-pyrrole nitrogens is 2. The Morgan fingerprint density at radius 1 is 0.836 bits per heavy atom. The van der Waals surface area contributed by atoms with Gasteiger partial charge in [0, 0.05) is 40.7 Å². The number of aromatic amines is 2. The van der Waals surface area contributed by atoms with Crippen LogP contribution in [0.1, 0.15) is 70.5 Å². The molecule has 0 saturated heterocycles. The van der Waals surface area contributed by atoms with Crippen molar-refractivity contribution in [2.75, 3.05) is 16.8 Å². The molecule has 8 rings (SSSR count). The van der Waals surface area contributed by atoms with E-state index in [0.717, 1.165) is 16.5 Å². The largest absolute Gasteiger partial charge is 0.384 e. The first-order chi connectivity index (χ1) is 25.9. The number of benzene rings is 3. The number of hydrogen-bond acceptors (Lipinski definition) is 12. The molecule has 1 aliphatic rings. The Balaban J connectivity index is 0.000000140. The molecule has 0 fully saturated rings. The van der Waals surface area contributed by atoms with Crippen LogP contribution in [0, 0.1) is 11.3 Å². The van der Waals surface area contributed by atoms with Crippen molar-refractivity contribution in [2.24, 2.45) is 16.0 Å². The van der Waals surface area contributed by atoms with Crippen LogP contribution in [0.2, 0.25) is 0 Å². The number of nitrogens with zero attached hydrogens (tertiary/aromatic N) is 4. The number of nitrogen functional groups attached to an aromatic ring is 3. The molecule has 0 radical (unpaired) electrons. The average molecular weight is 764 g/mol. The third-order valence-electron chi connectivity index (χ3n) is 8.84. The minimum Gasteiger partial charge on any atom is -0.384 e. The SMILES string of the molecule is CC(C)C1=NS(=O)(=O)c2cc(C(=N)N)ccc2N1.CC(C)c1cc(=O)c2c(ccc3c(N)[nH]oc32)n1.CC(C)c1nc2cc3ccnc(N)c3cc2c(=O)[nH]1. The van der Waals surface area contributed by atoms with Crippen molar-refractivity contribution in [1.82, 2.24) is 25.1 Å². The summed E-state index contributed by atoms with van der Waals surface area (Å²) >= 11 is 0. The minimum atomic E-state index is -3.72. The quantitative estimate of drug-likeness (QED) is 0.0647. The smallest absolute Gasteiger partial charge is 0.286 e. The zero-order valence-corrected chi connectivity index (χ0v) is 31.8. The predicted molar refractivity (Wildman–Crippen MR) is 217 cm³/mol. The molecule has 7 aromatic rings. The predicted octanol–water partition coefficient (Wildman–Crippen LogP) is 5.69. The second-order valence-corrected chi connectivity index (χ2v) is 15.5. The maximum atomic E-state index is 12.2. The summed E-state index contributed by atoms with van der Waals surface area (Å²) in [5.74, 6) is 2.15. The fourth-order valence-electron chi connectivity index (χ4n) is 5.77. The Morgan fingerprint density at radius 3 is 2.25 bits per heavy atom. The lowest BCUT2D eigenvalue weighted by Gasteiger charge is -2.20. The molecule has 0 atom stereocenters. The highest BCUT2D eigenvalue weighted by atomic mass is 32.2. The van der Waals surface area contributed by atoms with E-state index in [9.17, 15) is 18.0 Å². The topological polar surface area (TPSA) is 278 Å². The lowest BCUT2D eigenvalue weighted by Crippen LogP contribution is -2.26. The summed E-state index contributed by atoms with van der Waals surface area (Å²) in [6.07, 6.45) is 1.65. The number of hydrogen-bond donors (Lipinski definition) is 7. The minimum absolute atomic E-state index is 0.0135. The first kappa shape index (κ1) is 38.1. The number of aromatic nitrogens is 5. The summed E-state index contributed by atoms with van der Waals surface area (Å²) < 4.78 is 33.0. The fourth-order valence-corrected chi connectivity index (χ4v) is 7.06. The number of amidine groups is 2. The second kappa shape index (κ2) is 14.7. The molecule has 0 spiro atoms. The second-order valence-electron chi connectivity index (χ2n) is 13.9. The van der Waals surface area contributed by atoms with Gasteiger partial charge in [0.25, 0.3) is 15.6 Å². The van der Waals surface area contributed by atoms with Crippen molar-refractivity contribution < 1.29 is 12.9 Å². The third kappa shape index (κ3) is 7.59. The molecule has 55 heavy (non-hydrogen) atoms. The lowest BCUT2D eigenvalue weighted by atomic mass is 10.1. The van der Waals surface area contributed by atoms with E-state index in [1.165, 1.54) is 6.07 Å². The van der Waals surface area contributed by atoms with Gasteiger partial charge >= 0.3 is 0 Å². The van der Waals surface area contributed by atoms with Gasteiger partial charge in [-0.2, -0.15) is 8.42 Å². The highest BCUT2D eigenvalue weighted by molar-refractivity contribution is 7.90. The van der Waals surface area contributed by atoms with Gasteiger partial charge in [-0.15, -0.1) is 4.40 Å². The molecule has 284 valence electrons. The zero-order valence-electron chi connectivity index (χ0n) is 31.0. The standard InChI is InChI=1S/C14H14N4O.C13H13N3O2.C11H14N4O2S/c1-7(2)13-17-11-5-8-3-4-16-12(15)9(8)6-10(11)14(19)18-13;1-6(2)9-5-10(17)11-8(15-9)4-3-7-12(11)18-16-13(7)14;1-6(2)11-14-8-4-3-7(10(12)13)5-9(8)18(16,17)15-11/h3-7H,1-2H3,(H2,15,16)(H,17,18,19);3-6,16H,14H2,1-2H3;3-6H,1-2H3,(H3,12,13)(H,14,15). The Hall–Kier alpha value is -6.62. The maximum absolute atomic E-state index is 12.2. The summed E-state index contributed by atoms with van der Waals surface area (Å²) in [5, 5.41) is 16.3. The molecule has 16 nitrogen and oxygen atoms in total. The van der Waals surface area contributed by atoms with E-state index in [1.807, 2.05) is 59.7 Å². The van der Waals surface area contributed by atoms with E-state index >= 15 is 0 Å². The van der Waals surface area contributed by atoms with E-state index < -0.39 is 10.0 Å². The summed E-state index contributed by atoms with van der Waals surface area (Å²) in [5.41, 5.74) is 20.1. The highest BCUT2D eigenvalue weighted by Gasteiger charge is 2.26. The van der Waals surface area contributed by atoms with Gasteiger partial charge in [0.1, 0.15) is 34.0 Å². The molecule has 5 heterocycles. The molecule has 17 heteroatoms. The van der Waals surface area contributed by atoms with Crippen LogP contribution >= 0.6 is 0 Å². The monoisotopic (exact) mass is 763 g/mol. The fraction of sp³-hybridized carbons (Fsp3) is 0.237. The summed E-state index contributed by atoms with van der Waals surface area (Å²) in [4.78, 5) is 40.1. The van der Waals surface area contributed by atoms with E-state index in [-0.39, 0.29) is 39.5 Å². The van der Waals surface area contributed by atoms with Crippen molar-refractivity contribution >= 4 is 82.6 Å². The van der Waals surface area contributed by atoms with Gasteiger partial charge in [-0.3, -0.25) is 20.0 Å². The Bertz CT molecular complexity index is 2910. The molecule has 0 bridgehead atoms. The van der Waals surface area contributed by atoms with Crippen molar-refractivity contribution in [3.63, 3.8) is 0 Å². The normalized spacial score (nSPS) is 13.3. The zero-order chi connectivity index (χ0) is 39.9. The van der Waals surface area contributed by atoms with E-state index in [2.05, 4.69) is 34.8 Å². The Labute approximate surface area is 314 Å². The first-order valence-electron chi connectivity index (χ1n) is 17.3. The van der Waals surface area contributed by atoms with Crippen LogP contribution in [-0.2, 0) is 10.0 Å². The molecular formula is C38H41N11O5S. The summed E-state index contributed by atoms with van der Waals surface area (Å²) in [6.45, 7) is 11.7. The maximum Gasteiger partial charge on any atom is 0.286 e. The van der Waals surface area contributed by atoms with Crippen molar-refractivity contribution in [1.29, 1.82) is 5.41 Å². The molecule has 4 aromatic heterocycles. The summed E-state index contributed by atoms with van der Waals surface area (Å²) in [6, 6.07) is 15.2. The molecule has 0 unspecified atom stereocenters. The number of sulfonamides is 1. The molecule has 3 aromatic carbocycles. The van der Waals surface area contributed by atoms with Gasteiger partial charge in [-0.1, -0.05) is 41.5 Å². The van der Waals surface area contributed by atoms with Gasteiger partial charge in [0.15, 0.2) is 11.0 Å². The van der Waals surface area contributed by atoms with Crippen LogP contribution in [0.3, 0.4) is 0 Å². The molecular weight excluding hydrogens is 723 g/mol. The van der Waals surface area contributed by atoms with E-state index in [1.54, 1.807) is 36.5 Å². The lowest BCUT2D eigenvalue weighted by molar-refractivity contribution is 0.462. The Morgan fingerprint density at radius 2 is 1.58 bits per heavy atom. The van der Waals surface area contributed by atoms with Crippen molar-refractivity contribution in [2.45, 2.75) is 58.3 Å².